The second-order valence-electron chi connectivity index (χ2n) is 8.59. The normalized spacial score (nSPS) is 15.9. The third-order valence-corrected chi connectivity index (χ3v) is 6.27. The number of piperidine rings is 1. The summed E-state index contributed by atoms with van der Waals surface area (Å²) in [6, 6.07) is 8.41. The molecule has 1 atom stereocenters. The number of nitrogens with one attached hydrogen (secondary N) is 1. The molecule has 1 fully saturated rings. The Bertz CT molecular complexity index is 1330. The van der Waals surface area contributed by atoms with Crippen molar-refractivity contribution in [1.29, 1.82) is 5.26 Å². The van der Waals surface area contributed by atoms with Gasteiger partial charge in [0.25, 0.3) is 12.0 Å². The van der Waals surface area contributed by atoms with Gasteiger partial charge in [0.15, 0.2) is 0 Å². The molecule has 1 aliphatic rings. The van der Waals surface area contributed by atoms with Crippen LogP contribution in [-0.4, -0.2) is 56.8 Å². The highest BCUT2D eigenvalue weighted by atomic mass is 35.5. The largest absolute Gasteiger partial charge is 0.431 e. The molecule has 14 heteroatoms. The van der Waals surface area contributed by atoms with E-state index < -0.39 is 24.3 Å². The molecule has 1 N–H and O–H groups in total. The van der Waals surface area contributed by atoms with E-state index in [2.05, 4.69) is 20.0 Å². The van der Waals surface area contributed by atoms with Crippen LogP contribution in [0.15, 0.2) is 36.8 Å². The molecule has 2 aromatic heterocycles. The zero-order chi connectivity index (χ0) is 27.0. The number of likely N-dealkylation sites (tertiary alicyclic amines) is 1. The number of benzene rings is 1. The van der Waals surface area contributed by atoms with E-state index in [4.69, 9.17) is 16.9 Å². The Kier molecular flexibility index (Phi) is 7.14. The lowest BCUT2D eigenvalue weighted by atomic mass is 10.1. The van der Waals surface area contributed by atoms with Crippen LogP contribution >= 0.6 is 11.6 Å². The number of nitrogens with zero attached hydrogens (tertiary/aromatic N) is 5. The summed E-state index contributed by atoms with van der Waals surface area (Å²) in [6.07, 6.45) is -6.55. The van der Waals surface area contributed by atoms with Crippen LogP contribution in [-0.2, 0) is 4.74 Å². The lowest BCUT2D eigenvalue weighted by Gasteiger charge is -2.34. The molecule has 0 spiro atoms. The molecule has 1 amide bonds. The number of carbonyl (C=O) groups excluding carboxylic acids is 1. The van der Waals surface area contributed by atoms with Crippen molar-refractivity contribution < 1.29 is 31.5 Å². The van der Waals surface area contributed by atoms with E-state index in [1.807, 2.05) is 10.6 Å². The number of ether oxygens (including phenoxy) is 1. The van der Waals surface area contributed by atoms with Gasteiger partial charge in [-0.05, 0) is 37.1 Å². The molecular weight excluding hydrogens is 523 g/mol. The molecule has 1 aromatic carbocycles. The van der Waals surface area contributed by atoms with Crippen molar-refractivity contribution in [3.8, 4) is 6.07 Å². The number of nitriles is 1. The van der Waals surface area contributed by atoms with E-state index in [1.54, 1.807) is 24.4 Å². The van der Waals surface area contributed by atoms with Crippen molar-refractivity contribution in [3.63, 3.8) is 0 Å². The molecule has 4 rings (SSSR count). The highest BCUT2D eigenvalue weighted by Crippen LogP contribution is 2.36. The van der Waals surface area contributed by atoms with Crippen molar-refractivity contribution >= 4 is 40.2 Å². The highest BCUT2D eigenvalue weighted by Gasteiger charge is 2.56. The number of hydrogen-bond acceptors (Lipinski definition) is 6. The number of aromatic nitrogens is 3. The number of halogens is 6. The van der Waals surface area contributed by atoms with E-state index in [-0.39, 0.29) is 26.1 Å². The molecule has 196 valence electrons. The first-order valence-corrected chi connectivity index (χ1v) is 11.4. The molecular formula is C23H20ClF5N6O2. The summed E-state index contributed by atoms with van der Waals surface area (Å²) < 4.78 is 71.6. The molecule has 0 radical (unpaired) electrons. The number of alkyl halides is 5. The fraction of sp³-hybridized carbons (Fsp3) is 0.391. The Morgan fingerprint density at radius 1 is 1.22 bits per heavy atom. The summed E-state index contributed by atoms with van der Waals surface area (Å²) in [6.45, 7) is 0.0856. The van der Waals surface area contributed by atoms with Crippen molar-refractivity contribution in [2.75, 3.05) is 18.4 Å². The first-order valence-electron chi connectivity index (χ1n) is 11.1. The Balaban J connectivity index is 1.46. The molecule has 0 aliphatic carbocycles. The smallest absolute Gasteiger partial charge is 0.430 e. The van der Waals surface area contributed by atoms with Crippen LogP contribution in [0.3, 0.4) is 0 Å². The monoisotopic (exact) mass is 542 g/mol. The van der Waals surface area contributed by atoms with Crippen molar-refractivity contribution in [2.45, 2.75) is 44.0 Å². The molecule has 1 saturated heterocycles. The summed E-state index contributed by atoms with van der Waals surface area (Å²) in [4.78, 5) is 21.8. The fourth-order valence-corrected chi connectivity index (χ4v) is 4.37. The van der Waals surface area contributed by atoms with Gasteiger partial charge in [0.05, 0.1) is 27.7 Å². The lowest BCUT2D eigenvalue weighted by Crippen LogP contribution is -2.49. The summed E-state index contributed by atoms with van der Waals surface area (Å²) in [5.41, 5.74) is 1.52. The average molecular weight is 543 g/mol. The summed E-state index contributed by atoms with van der Waals surface area (Å²) >= 11 is 6.25. The molecule has 1 unspecified atom stereocenters. The quantitative estimate of drug-likeness (QED) is 0.394. The molecule has 37 heavy (non-hydrogen) atoms. The molecule has 0 bridgehead atoms. The number of anilines is 2. The Hall–Kier alpha value is -3.66. The van der Waals surface area contributed by atoms with Gasteiger partial charge >= 0.3 is 12.3 Å². The molecule has 3 aromatic rings. The Morgan fingerprint density at radius 2 is 1.92 bits per heavy atom. The first kappa shape index (κ1) is 26.4. The van der Waals surface area contributed by atoms with Crippen molar-refractivity contribution in [3.05, 3.63) is 47.4 Å². The zero-order valence-electron chi connectivity index (χ0n) is 19.3. The number of amides is 1. The minimum atomic E-state index is -5.40. The van der Waals surface area contributed by atoms with E-state index in [0.29, 0.717) is 46.0 Å². The summed E-state index contributed by atoms with van der Waals surface area (Å²) in [5, 5.41) is 13.1. The summed E-state index contributed by atoms with van der Waals surface area (Å²) in [5.74, 6) is -3.81. The number of fused-ring (bicyclic) bond motifs is 1. The van der Waals surface area contributed by atoms with Crippen LogP contribution in [0.1, 0.15) is 31.4 Å². The van der Waals surface area contributed by atoms with E-state index >= 15 is 0 Å². The predicted octanol–water partition coefficient (Wildman–Crippen LogP) is 6.06. The second-order valence-corrected chi connectivity index (χ2v) is 9.00. The Labute approximate surface area is 212 Å². The maximum atomic E-state index is 13.4. The van der Waals surface area contributed by atoms with Crippen LogP contribution in [0.5, 0.6) is 0 Å². The maximum Gasteiger partial charge on any atom is 0.431 e. The van der Waals surface area contributed by atoms with Gasteiger partial charge in [0.1, 0.15) is 17.8 Å². The maximum absolute atomic E-state index is 13.4. The van der Waals surface area contributed by atoms with E-state index in [0.717, 1.165) is 4.90 Å². The average Bonchev–Trinajstić information content (AvgIpc) is 3.27. The van der Waals surface area contributed by atoms with Crippen LogP contribution in [0, 0.1) is 11.3 Å². The number of hydrogen-bond donors (Lipinski definition) is 1. The standard InChI is InChI=1S/C23H20ClF5N6O2/c1-22(25,26)20(23(27,28)29)37-21(36)34-7-4-14(5-8-34)35-9-6-15-18(31-12-32-19(15)35)33-17-3-2-13(11-30)10-16(17)24/h2-3,6,9-10,12,14,20H,4-5,7-8H2,1H3,(H,31,32,33). The van der Waals surface area contributed by atoms with Crippen LogP contribution < -0.4 is 5.32 Å². The van der Waals surface area contributed by atoms with Gasteiger partial charge in [-0.2, -0.15) is 18.4 Å². The second kappa shape index (κ2) is 10.0. The minimum Gasteiger partial charge on any atom is -0.430 e. The molecule has 3 heterocycles. The zero-order valence-corrected chi connectivity index (χ0v) is 20.0. The SMILES string of the molecule is CC(F)(F)C(OC(=O)N1CCC(n2ccc3c(Nc4ccc(C#N)cc4Cl)ncnc32)CC1)C(F)(F)F. The summed E-state index contributed by atoms with van der Waals surface area (Å²) in [7, 11) is 0. The first-order chi connectivity index (χ1) is 17.4. The predicted molar refractivity (Wildman–Crippen MR) is 124 cm³/mol. The van der Waals surface area contributed by atoms with Gasteiger partial charge < -0.3 is 19.5 Å². The van der Waals surface area contributed by atoms with Gasteiger partial charge in [-0.15, -0.1) is 0 Å². The fourth-order valence-electron chi connectivity index (χ4n) is 4.14. The van der Waals surface area contributed by atoms with E-state index in [1.165, 1.54) is 12.4 Å². The third-order valence-electron chi connectivity index (χ3n) is 5.95. The van der Waals surface area contributed by atoms with Gasteiger partial charge in [-0.3, -0.25) is 0 Å². The number of carbonyl (C=O) groups is 1. The highest BCUT2D eigenvalue weighted by molar-refractivity contribution is 6.33. The van der Waals surface area contributed by atoms with E-state index in [9.17, 15) is 26.7 Å². The van der Waals surface area contributed by atoms with Gasteiger partial charge in [0.2, 0.25) is 0 Å². The van der Waals surface area contributed by atoms with Crippen molar-refractivity contribution in [2.24, 2.45) is 0 Å². The molecule has 1 aliphatic heterocycles. The molecule has 0 saturated carbocycles. The van der Waals surface area contributed by atoms with Crippen LogP contribution in [0.4, 0.5) is 38.3 Å². The van der Waals surface area contributed by atoms with Crippen molar-refractivity contribution in [1.82, 2.24) is 19.4 Å². The van der Waals surface area contributed by atoms with Crippen LogP contribution in [0.25, 0.3) is 11.0 Å². The third kappa shape index (κ3) is 5.69. The van der Waals surface area contributed by atoms with Gasteiger partial charge in [0, 0.05) is 32.3 Å². The lowest BCUT2D eigenvalue weighted by molar-refractivity contribution is -0.265. The van der Waals surface area contributed by atoms with Gasteiger partial charge in [-0.25, -0.2) is 23.5 Å². The molecule has 8 nitrogen and oxygen atoms in total. The van der Waals surface area contributed by atoms with Gasteiger partial charge in [-0.1, -0.05) is 11.6 Å². The number of rotatable bonds is 5. The minimum absolute atomic E-state index is 0.0140. The van der Waals surface area contributed by atoms with Crippen LogP contribution in [0.2, 0.25) is 5.02 Å². The Morgan fingerprint density at radius 3 is 2.51 bits per heavy atom. The topological polar surface area (TPSA) is 96.1 Å².